The lowest BCUT2D eigenvalue weighted by Gasteiger charge is -2.36. The number of carbonyl (C=O) groups is 3. The van der Waals surface area contributed by atoms with E-state index in [1.165, 1.54) is 12.1 Å². The maximum atomic E-state index is 13.9. The summed E-state index contributed by atoms with van der Waals surface area (Å²) in [5.74, 6) is -0.989. The molecule has 2 saturated heterocycles. The van der Waals surface area contributed by atoms with Crippen molar-refractivity contribution in [3.63, 3.8) is 0 Å². The SMILES string of the molecule is O=C(Nc1ccc(Br)cc1F)c1ccc(CN2CC(=O)N3CCC[C@@H]3C2=O)cc1. The quantitative estimate of drug-likeness (QED) is 0.763. The Hall–Kier alpha value is -2.74. The van der Waals surface area contributed by atoms with Gasteiger partial charge in [0.2, 0.25) is 11.8 Å². The molecule has 0 aromatic heterocycles. The van der Waals surface area contributed by atoms with Crippen LogP contribution >= 0.6 is 15.9 Å². The number of amides is 3. The second kappa shape index (κ2) is 7.94. The van der Waals surface area contributed by atoms with Crippen molar-refractivity contribution in [3.05, 3.63) is 63.9 Å². The highest BCUT2D eigenvalue weighted by Crippen LogP contribution is 2.25. The molecule has 8 heteroatoms. The van der Waals surface area contributed by atoms with Crippen molar-refractivity contribution in [1.29, 1.82) is 0 Å². The van der Waals surface area contributed by atoms with Gasteiger partial charge in [-0.25, -0.2) is 4.39 Å². The molecule has 3 amide bonds. The molecule has 0 bridgehead atoms. The first-order valence-electron chi connectivity index (χ1n) is 9.36. The van der Waals surface area contributed by atoms with Gasteiger partial charge in [0.1, 0.15) is 18.4 Å². The van der Waals surface area contributed by atoms with Crippen LogP contribution in [0.5, 0.6) is 0 Å². The largest absolute Gasteiger partial charge is 0.329 e. The molecule has 0 spiro atoms. The molecule has 150 valence electrons. The molecule has 2 aromatic carbocycles. The van der Waals surface area contributed by atoms with Crippen molar-refractivity contribution in [1.82, 2.24) is 9.80 Å². The van der Waals surface area contributed by atoms with Gasteiger partial charge in [-0.2, -0.15) is 0 Å². The summed E-state index contributed by atoms with van der Waals surface area (Å²) in [6.45, 7) is 1.06. The Morgan fingerprint density at radius 2 is 1.93 bits per heavy atom. The summed E-state index contributed by atoms with van der Waals surface area (Å²) >= 11 is 3.17. The summed E-state index contributed by atoms with van der Waals surface area (Å²) in [4.78, 5) is 40.5. The fraction of sp³-hybridized carbons (Fsp3) is 0.286. The summed E-state index contributed by atoms with van der Waals surface area (Å²) in [6, 6.07) is 10.8. The van der Waals surface area contributed by atoms with E-state index in [0.717, 1.165) is 12.0 Å². The number of rotatable bonds is 4. The van der Waals surface area contributed by atoms with E-state index >= 15 is 0 Å². The summed E-state index contributed by atoms with van der Waals surface area (Å²) in [7, 11) is 0. The van der Waals surface area contributed by atoms with Crippen LogP contribution in [0.15, 0.2) is 46.9 Å². The van der Waals surface area contributed by atoms with Gasteiger partial charge in [0.25, 0.3) is 5.91 Å². The Balaban J connectivity index is 1.42. The van der Waals surface area contributed by atoms with E-state index in [1.807, 2.05) is 0 Å². The van der Waals surface area contributed by atoms with Gasteiger partial charge in [0, 0.05) is 23.1 Å². The van der Waals surface area contributed by atoms with Gasteiger partial charge in [-0.1, -0.05) is 28.1 Å². The van der Waals surface area contributed by atoms with E-state index in [4.69, 9.17) is 0 Å². The number of fused-ring (bicyclic) bond motifs is 1. The van der Waals surface area contributed by atoms with Crippen molar-refractivity contribution >= 4 is 39.3 Å². The maximum Gasteiger partial charge on any atom is 0.255 e. The van der Waals surface area contributed by atoms with Crippen molar-refractivity contribution in [3.8, 4) is 0 Å². The molecule has 1 atom stereocenters. The van der Waals surface area contributed by atoms with E-state index in [1.54, 1.807) is 40.1 Å². The maximum absolute atomic E-state index is 13.9. The number of halogens is 2. The van der Waals surface area contributed by atoms with Crippen LogP contribution in [-0.2, 0) is 16.1 Å². The molecule has 2 aliphatic heterocycles. The number of anilines is 1. The van der Waals surface area contributed by atoms with Crippen LogP contribution in [0.1, 0.15) is 28.8 Å². The minimum absolute atomic E-state index is 0.0142. The Bertz CT molecular complexity index is 980. The number of benzene rings is 2. The van der Waals surface area contributed by atoms with Crippen LogP contribution in [0.2, 0.25) is 0 Å². The minimum Gasteiger partial charge on any atom is -0.329 e. The molecule has 0 radical (unpaired) electrons. The molecule has 29 heavy (non-hydrogen) atoms. The van der Waals surface area contributed by atoms with Gasteiger partial charge in [0.15, 0.2) is 0 Å². The number of nitrogens with zero attached hydrogens (tertiary/aromatic N) is 2. The lowest BCUT2D eigenvalue weighted by atomic mass is 10.1. The summed E-state index contributed by atoms with van der Waals surface area (Å²) < 4.78 is 14.5. The first-order chi connectivity index (χ1) is 13.9. The summed E-state index contributed by atoms with van der Waals surface area (Å²) in [6.07, 6.45) is 1.57. The fourth-order valence-corrected chi connectivity index (χ4v) is 4.10. The summed E-state index contributed by atoms with van der Waals surface area (Å²) in [5.41, 5.74) is 1.30. The van der Waals surface area contributed by atoms with Crippen molar-refractivity contribution in [2.24, 2.45) is 0 Å². The third-order valence-corrected chi connectivity index (χ3v) is 5.76. The van der Waals surface area contributed by atoms with Gasteiger partial charge in [-0.3, -0.25) is 14.4 Å². The predicted molar refractivity (Wildman–Crippen MR) is 109 cm³/mol. The zero-order chi connectivity index (χ0) is 20.5. The van der Waals surface area contributed by atoms with Gasteiger partial charge in [-0.05, 0) is 48.7 Å². The molecule has 0 saturated carbocycles. The smallest absolute Gasteiger partial charge is 0.255 e. The molecule has 0 aliphatic carbocycles. The highest BCUT2D eigenvalue weighted by atomic mass is 79.9. The molecule has 0 unspecified atom stereocenters. The van der Waals surface area contributed by atoms with Crippen LogP contribution in [0.3, 0.4) is 0 Å². The van der Waals surface area contributed by atoms with Crippen LogP contribution in [0, 0.1) is 5.82 Å². The predicted octanol–water partition coefficient (Wildman–Crippen LogP) is 3.17. The second-order valence-electron chi connectivity index (χ2n) is 7.21. The van der Waals surface area contributed by atoms with E-state index < -0.39 is 11.7 Å². The lowest BCUT2D eigenvalue weighted by molar-refractivity contribution is -0.154. The van der Waals surface area contributed by atoms with Crippen LogP contribution in [-0.4, -0.2) is 46.7 Å². The number of hydrogen-bond acceptors (Lipinski definition) is 3. The Morgan fingerprint density at radius 1 is 1.17 bits per heavy atom. The normalized spacial score (nSPS) is 18.8. The molecular formula is C21H19BrFN3O3. The van der Waals surface area contributed by atoms with Crippen molar-refractivity contribution in [2.75, 3.05) is 18.4 Å². The molecule has 4 rings (SSSR count). The van der Waals surface area contributed by atoms with E-state index in [0.29, 0.717) is 29.5 Å². The average Bonchev–Trinajstić information content (AvgIpc) is 3.19. The Kier molecular flexibility index (Phi) is 5.36. The first-order valence-corrected chi connectivity index (χ1v) is 10.2. The van der Waals surface area contributed by atoms with Gasteiger partial charge >= 0.3 is 0 Å². The summed E-state index contributed by atoms with van der Waals surface area (Å²) in [5, 5.41) is 2.54. The van der Waals surface area contributed by atoms with Crippen molar-refractivity contribution < 1.29 is 18.8 Å². The van der Waals surface area contributed by atoms with E-state index in [2.05, 4.69) is 21.2 Å². The van der Waals surface area contributed by atoms with E-state index in [9.17, 15) is 18.8 Å². The Labute approximate surface area is 175 Å². The molecular weight excluding hydrogens is 441 g/mol. The average molecular weight is 460 g/mol. The second-order valence-corrected chi connectivity index (χ2v) is 8.13. The zero-order valence-corrected chi connectivity index (χ0v) is 17.1. The van der Waals surface area contributed by atoms with Crippen LogP contribution in [0.4, 0.5) is 10.1 Å². The third kappa shape index (κ3) is 4.03. The zero-order valence-electron chi connectivity index (χ0n) is 15.5. The van der Waals surface area contributed by atoms with Crippen LogP contribution in [0.25, 0.3) is 0 Å². The molecule has 2 heterocycles. The molecule has 6 nitrogen and oxygen atoms in total. The molecule has 2 fully saturated rings. The monoisotopic (exact) mass is 459 g/mol. The fourth-order valence-electron chi connectivity index (χ4n) is 3.77. The first kappa shape index (κ1) is 19.6. The Morgan fingerprint density at radius 3 is 2.66 bits per heavy atom. The topological polar surface area (TPSA) is 69.7 Å². The highest BCUT2D eigenvalue weighted by molar-refractivity contribution is 9.10. The van der Waals surface area contributed by atoms with Crippen molar-refractivity contribution in [2.45, 2.75) is 25.4 Å². The standard InChI is InChI=1S/C21H19BrFN3O3/c22-15-7-8-17(16(23)10-15)24-20(28)14-5-3-13(4-6-14)11-25-12-19(27)26-9-1-2-18(26)21(25)29/h3-8,10,18H,1-2,9,11-12H2,(H,24,28)/t18-/m1/s1. The molecule has 2 aromatic rings. The molecule has 2 aliphatic rings. The minimum atomic E-state index is -0.529. The van der Waals surface area contributed by atoms with Gasteiger partial charge in [0.05, 0.1) is 5.69 Å². The number of piperazine rings is 1. The number of nitrogens with one attached hydrogen (secondary N) is 1. The highest BCUT2D eigenvalue weighted by Gasteiger charge is 2.41. The third-order valence-electron chi connectivity index (χ3n) is 5.26. The van der Waals surface area contributed by atoms with Crippen LogP contribution < -0.4 is 5.32 Å². The number of carbonyl (C=O) groups excluding carboxylic acids is 3. The molecule has 1 N–H and O–H groups in total. The van der Waals surface area contributed by atoms with E-state index in [-0.39, 0.29) is 30.1 Å². The van der Waals surface area contributed by atoms with Gasteiger partial charge < -0.3 is 15.1 Å². The van der Waals surface area contributed by atoms with Gasteiger partial charge in [-0.15, -0.1) is 0 Å². The lowest BCUT2D eigenvalue weighted by Crippen LogP contribution is -2.56. The number of hydrogen-bond donors (Lipinski definition) is 1.